The van der Waals surface area contributed by atoms with Crippen molar-refractivity contribution < 1.29 is 19.1 Å². The molecule has 1 aliphatic rings. The maximum atomic E-state index is 12.5. The van der Waals surface area contributed by atoms with E-state index in [0.717, 1.165) is 6.42 Å². The van der Waals surface area contributed by atoms with Crippen molar-refractivity contribution in [2.75, 3.05) is 13.6 Å². The van der Waals surface area contributed by atoms with Gasteiger partial charge in [-0.05, 0) is 61.4 Å². The van der Waals surface area contributed by atoms with E-state index >= 15 is 0 Å². The van der Waals surface area contributed by atoms with Crippen LogP contribution in [0.4, 0.5) is 4.79 Å². The number of esters is 1. The van der Waals surface area contributed by atoms with Crippen LogP contribution in [0.5, 0.6) is 0 Å². The summed E-state index contributed by atoms with van der Waals surface area (Å²) in [5.74, 6) is -0.377. The molecule has 1 N–H and O–H groups in total. The number of hydrogen-bond acceptors (Lipinski definition) is 5. The first-order valence-corrected chi connectivity index (χ1v) is 7.82. The molecule has 2 atom stereocenters. The van der Waals surface area contributed by atoms with Crippen LogP contribution in [0.25, 0.3) is 0 Å². The fourth-order valence-corrected chi connectivity index (χ4v) is 2.36. The Morgan fingerprint density at radius 3 is 2.05 bits per heavy atom. The van der Waals surface area contributed by atoms with Crippen molar-refractivity contribution >= 4 is 12.1 Å². The number of amides is 1. The van der Waals surface area contributed by atoms with Crippen molar-refractivity contribution in [3.63, 3.8) is 0 Å². The molecule has 6 heteroatoms. The lowest BCUT2D eigenvalue weighted by Crippen LogP contribution is -2.55. The van der Waals surface area contributed by atoms with Gasteiger partial charge in [0.2, 0.25) is 0 Å². The zero-order valence-corrected chi connectivity index (χ0v) is 14.9. The Bertz CT molecular complexity index is 409. The number of nitrogens with zero attached hydrogens (tertiary/aromatic N) is 1. The van der Waals surface area contributed by atoms with Crippen LogP contribution in [-0.4, -0.2) is 53.8 Å². The number of carbonyl (C=O) groups excluding carboxylic acids is 2. The number of carbonyl (C=O) groups is 2. The van der Waals surface area contributed by atoms with Gasteiger partial charge in [0.15, 0.2) is 0 Å². The SMILES string of the molecule is CNC1CCN(C(=O)OC(C)(C)C)[C@@H](C(=O)OC(C)(C)C)C1. The van der Waals surface area contributed by atoms with Crippen LogP contribution in [0.1, 0.15) is 54.4 Å². The van der Waals surface area contributed by atoms with E-state index in [1.807, 2.05) is 48.6 Å². The van der Waals surface area contributed by atoms with Gasteiger partial charge in [-0.25, -0.2) is 9.59 Å². The minimum absolute atomic E-state index is 0.191. The van der Waals surface area contributed by atoms with E-state index in [1.54, 1.807) is 0 Å². The second kappa shape index (κ2) is 6.86. The normalized spacial score (nSPS) is 23.1. The number of piperidine rings is 1. The summed E-state index contributed by atoms with van der Waals surface area (Å²) in [7, 11) is 1.86. The second-order valence-electron chi connectivity index (χ2n) is 7.73. The Hall–Kier alpha value is -1.30. The quantitative estimate of drug-likeness (QED) is 0.792. The van der Waals surface area contributed by atoms with Gasteiger partial charge < -0.3 is 14.8 Å². The number of nitrogens with one attached hydrogen (secondary N) is 1. The zero-order valence-electron chi connectivity index (χ0n) is 14.9. The summed E-state index contributed by atoms with van der Waals surface area (Å²) in [6, 6.07) is -0.420. The van der Waals surface area contributed by atoms with Crippen molar-refractivity contribution in [3.8, 4) is 0 Å². The molecule has 1 rings (SSSR count). The summed E-state index contributed by atoms with van der Waals surface area (Å²) >= 11 is 0. The van der Waals surface area contributed by atoms with E-state index in [0.29, 0.717) is 13.0 Å². The Morgan fingerprint density at radius 2 is 1.59 bits per heavy atom. The maximum absolute atomic E-state index is 12.5. The summed E-state index contributed by atoms with van der Waals surface area (Å²) < 4.78 is 10.9. The molecule has 0 saturated carbocycles. The van der Waals surface area contributed by atoms with Crippen LogP contribution in [0.15, 0.2) is 0 Å². The summed E-state index contributed by atoms with van der Waals surface area (Å²) in [5.41, 5.74) is -1.17. The molecular formula is C16H30N2O4. The summed E-state index contributed by atoms with van der Waals surface area (Å²) in [5, 5.41) is 3.17. The molecule has 1 fully saturated rings. The Labute approximate surface area is 133 Å². The first-order chi connectivity index (χ1) is 9.93. The van der Waals surface area contributed by atoms with Gasteiger partial charge >= 0.3 is 12.1 Å². The lowest BCUT2D eigenvalue weighted by atomic mass is 9.97. The van der Waals surface area contributed by atoms with Crippen molar-refractivity contribution in [1.29, 1.82) is 0 Å². The van der Waals surface area contributed by atoms with Gasteiger partial charge in [0.25, 0.3) is 0 Å². The van der Waals surface area contributed by atoms with E-state index in [2.05, 4.69) is 5.32 Å². The Morgan fingerprint density at radius 1 is 1.05 bits per heavy atom. The second-order valence-corrected chi connectivity index (χ2v) is 7.73. The minimum atomic E-state index is -0.611. The maximum Gasteiger partial charge on any atom is 0.411 e. The molecule has 1 heterocycles. The fourth-order valence-electron chi connectivity index (χ4n) is 2.36. The molecule has 1 saturated heterocycles. The van der Waals surface area contributed by atoms with Crippen molar-refractivity contribution in [2.24, 2.45) is 0 Å². The zero-order chi connectivity index (χ0) is 17.1. The summed E-state index contributed by atoms with van der Waals surface area (Å²) in [6.07, 6.45) is 0.859. The van der Waals surface area contributed by atoms with Crippen LogP contribution in [0.2, 0.25) is 0 Å². The van der Waals surface area contributed by atoms with Gasteiger partial charge in [0.1, 0.15) is 17.2 Å². The van der Waals surface area contributed by atoms with Gasteiger partial charge in [-0.1, -0.05) is 0 Å². The summed E-state index contributed by atoms with van der Waals surface area (Å²) in [4.78, 5) is 26.3. The number of rotatable bonds is 2. The Balaban J connectivity index is 2.88. The highest BCUT2D eigenvalue weighted by molar-refractivity contribution is 5.82. The van der Waals surface area contributed by atoms with Crippen molar-refractivity contribution in [3.05, 3.63) is 0 Å². The third-order valence-corrected chi connectivity index (χ3v) is 3.32. The molecule has 0 aromatic carbocycles. The molecule has 1 aliphatic heterocycles. The standard InChI is InChI=1S/C16H30N2O4/c1-15(2,3)21-13(19)12-10-11(17-7)8-9-18(12)14(20)22-16(4,5)6/h11-12,17H,8-10H2,1-7H3/t11?,12-/m1/s1. The van der Waals surface area contributed by atoms with E-state index in [4.69, 9.17) is 9.47 Å². The van der Waals surface area contributed by atoms with Gasteiger partial charge in [-0.2, -0.15) is 0 Å². The highest BCUT2D eigenvalue weighted by Gasteiger charge is 2.40. The van der Waals surface area contributed by atoms with Crippen LogP contribution in [0, 0.1) is 0 Å². The van der Waals surface area contributed by atoms with Crippen molar-refractivity contribution in [1.82, 2.24) is 10.2 Å². The summed E-state index contributed by atoms with van der Waals surface area (Å²) in [6.45, 7) is 11.4. The first kappa shape index (κ1) is 18.7. The number of hydrogen-bond donors (Lipinski definition) is 1. The molecule has 6 nitrogen and oxygen atoms in total. The molecule has 0 radical (unpaired) electrons. The third-order valence-electron chi connectivity index (χ3n) is 3.32. The minimum Gasteiger partial charge on any atom is -0.458 e. The topological polar surface area (TPSA) is 67.9 Å². The smallest absolute Gasteiger partial charge is 0.411 e. The van der Waals surface area contributed by atoms with E-state index in [-0.39, 0.29) is 12.0 Å². The molecule has 0 bridgehead atoms. The highest BCUT2D eigenvalue weighted by atomic mass is 16.6. The van der Waals surface area contributed by atoms with Gasteiger partial charge in [-0.3, -0.25) is 4.90 Å². The molecule has 0 aliphatic carbocycles. The number of ether oxygens (including phenoxy) is 2. The first-order valence-electron chi connectivity index (χ1n) is 7.82. The molecule has 1 unspecified atom stereocenters. The molecule has 1 amide bonds. The lowest BCUT2D eigenvalue weighted by molar-refractivity contribution is -0.162. The monoisotopic (exact) mass is 314 g/mol. The van der Waals surface area contributed by atoms with Crippen LogP contribution in [-0.2, 0) is 14.3 Å². The predicted octanol–water partition coefficient (Wildman–Crippen LogP) is 2.32. The fraction of sp³-hybridized carbons (Fsp3) is 0.875. The van der Waals surface area contributed by atoms with Crippen LogP contribution < -0.4 is 5.32 Å². The van der Waals surface area contributed by atoms with Gasteiger partial charge in [0, 0.05) is 12.6 Å². The van der Waals surface area contributed by atoms with Crippen LogP contribution in [0.3, 0.4) is 0 Å². The molecule has 0 spiro atoms. The largest absolute Gasteiger partial charge is 0.458 e. The van der Waals surface area contributed by atoms with Gasteiger partial charge in [0.05, 0.1) is 0 Å². The Kier molecular flexibility index (Phi) is 5.84. The predicted molar refractivity (Wildman–Crippen MR) is 84.7 cm³/mol. The average molecular weight is 314 g/mol. The molecule has 0 aromatic rings. The molecule has 22 heavy (non-hydrogen) atoms. The van der Waals surface area contributed by atoms with Crippen LogP contribution >= 0.6 is 0 Å². The molecule has 128 valence electrons. The lowest BCUT2D eigenvalue weighted by Gasteiger charge is -2.39. The molecular weight excluding hydrogens is 284 g/mol. The van der Waals surface area contributed by atoms with E-state index in [9.17, 15) is 9.59 Å². The highest BCUT2D eigenvalue weighted by Crippen LogP contribution is 2.23. The van der Waals surface area contributed by atoms with E-state index < -0.39 is 23.3 Å². The average Bonchev–Trinajstić information content (AvgIpc) is 2.33. The van der Waals surface area contributed by atoms with Crippen molar-refractivity contribution in [2.45, 2.75) is 77.7 Å². The van der Waals surface area contributed by atoms with Gasteiger partial charge in [-0.15, -0.1) is 0 Å². The number of likely N-dealkylation sites (tertiary alicyclic amines) is 1. The molecule has 0 aromatic heterocycles. The van der Waals surface area contributed by atoms with E-state index in [1.165, 1.54) is 4.90 Å². The third kappa shape index (κ3) is 5.83.